The Labute approximate surface area is 205 Å². The van der Waals surface area contributed by atoms with Crippen LogP contribution in [0.25, 0.3) is 0 Å². The fourth-order valence-electron chi connectivity index (χ4n) is 3.01. The molecule has 0 bridgehead atoms. The SMILES string of the molecule is COc1ccc(N(C)C(=O)CN=C(Nc2ccc(F)cc2)SCc2c(F)cccc2F)cc1OC. The number of likely N-dealkylation sites (N-methyl/N-ethyl adjacent to an activating group) is 1. The number of halogens is 3. The molecule has 0 radical (unpaired) electrons. The van der Waals surface area contributed by atoms with Crippen molar-refractivity contribution in [1.29, 1.82) is 0 Å². The van der Waals surface area contributed by atoms with Crippen LogP contribution < -0.4 is 19.7 Å². The highest BCUT2D eigenvalue weighted by molar-refractivity contribution is 8.13. The second-order valence-electron chi connectivity index (χ2n) is 7.23. The largest absolute Gasteiger partial charge is 0.493 e. The maximum Gasteiger partial charge on any atom is 0.248 e. The molecule has 0 spiro atoms. The summed E-state index contributed by atoms with van der Waals surface area (Å²) in [6.45, 7) is -0.249. The van der Waals surface area contributed by atoms with Crippen LogP contribution in [0.15, 0.2) is 65.7 Å². The molecule has 3 rings (SSSR count). The van der Waals surface area contributed by atoms with Gasteiger partial charge in [-0.15, -0.1) is 0 Å². The van der Waals surface area contributed by atoms with Gasteiger partial charge in [-0.25, -0.2) is 13.2 Å². The molecule has 1 amide bonds. The zero-order chi connectivity index (χ0) is 25.4. The minimum atomic E-state index is -0.678. The van der Waals surface area contributed by atoms with Crippen molar-refractivity contribution < 1.29 is 27.4 Å². The van der Waals surface area contributed by atoms with Crippen molar-refractivity contribution >= 4 is 34.2 Å². The lowest BCUT2D eigenvalue weighted by Gasteiger charge is -2.18. The molecule has 0 aliphatic carbocycles. The van der Waals surface area contributed by atoms with Crippen LogP contribution in [0.3, 0.4) is 0 Å². The van der Waals surface area contributed by atoms with Gasteiger partial charge in [0.15, 0.2) is 16.7 Å². The number of rotatable bonds is 8. The molecule has 35 heavy (non-hydrogen) atoms. The van der Waals surface area contributed by atoms with Crippen LogP contribution in [0.4, 0.5) is 24.5 Å². The molecular formula is C25H24F3N3O3S. The third-order valence-electron chi connectivity index (χ3n) is 5.00. The quantitative estimate of drug-likeness (QED) is 0.326. The zero-order valence-electron chi connectivity index (χ0n) is 19.3. The summed E-state index contributed by atoms with van der Waals surface area (Å²) in [7, 11) is 4.60. The lowest BCUT2D eigenvalue weighted by Crippen LogP contribution is -2.29. The molecule has 6 nitrogen and oxygen atoms in total. The van der Waals surface area contributed by atoms with Crippen LogP contribution in [0.2, 0.25) is 0 Å². The topological polar surface area (TPSA) is 63.2 Å². The molecule has 0 saturated heterocycles. The van der Waals surface area contributed by atoms with E-state index in [0.717, 1.165) is 11.8 Å². The predicted octanol–water partition coefficient (Wildman–Crippen LogP) is 5.49. The summed E-state index contributed by atoms with van der Waals surface area (Å²) >= 11 is 1.02. The van der Waals surface area contributed by atoms with E-state index in [2.05, 4.69) is 10.3 Å². The first kappa shape index (κ1) is 26.0. The van der Waals surface area contributed by atoms with Crippen LogP contribution in [-0.4, -0.2) is 38.9 Å². The normalized spacial score (nSPS) is 11.2. The molecule has 3 aromatic carbocycles. The number of amides is 1. The van der Waals surface area contributed by atoms with Gasteiger partial charge in [0.25, 0.3) is 0 Å². The standard InChI is InChI=1S/C25H24F3N3O3S/c1-31(18-11-12-22(33-2)23(13-18)34-3)24(32)14-29-25(30-17-9-7-16(26)8-10-17)35-15-19-20(27)5-4-6-21(19)28/h4-13H,14-15H2,1-3H3,(H,29,30). The first-order chi connectivity index (χ1) is 16.8. The van der Waals surface area contributed by atoms with Crippen LogP contribution in [0, 0.1) is 17.5 Å². The fraction of sp³-hybridized carbons (Fsp3) is 0.200. The monoisotopic (exact) mass is 503 g/mol. The van der Waals surface area contributed by atoms with Gasteiger partial charge in [0.1, 0.15) is 24.0 Å². The van der Waals surface area contributed by atoms with Crippen molar-refractivity contribution in [2.45, 2.75) is 5.75 Å². The Morgan fingerprint density at radius 1 is 0.971 bits per heavy atom. The molecule has 0 atom stereocenters. The number of aliphatic imine (C=N–C) groups is 1. The van der Waals surface area contributed by atoms with E-state index in [0.29, 0.717) is 22.9 Å². The van der Waals surface area contributed by atoms with E-state index in [4.69, 9.17) is 9.47 Å². The number of benzene rings is 3. The molecule has 0 aromatic heterocycles. The molecule has 0 aliphatic rings. The Hall–Kier alpha value is -3.66. The number of carbonyl (C=O) groups is 1. The molecule has 1 N–H and O–H groups in total. The number of nitrogens with zero attached hydrogens (tertiary/aromatic N) is 2. The minimum absolute atomic E-state index is 0.0642. The summed E-state index contributed by atoms with van der Waals surface area (Å²) < 4.78 is 51.9. The van der Waals surface area contributed by atoms with E-state index in [1.54, 1.807) is 25.2 Å². The number of amidine groups is 1. The Kier molecular flexibility index (Phi) is 9.02. The second kappa shape index (κ2) is 12.2. The number of hydrogen-bond acceptors (Lipinski definition) is 5. The predicted molar refractivity (Wildman–Crippen MR) is 133 cm³/mol. The van der Waals surface area contributed by atoms with E-state index >= 15 is 0 Å². The van der Waals surface area contributed by atoms with Gasteiger partial charge in [-0.1, -0.05) is 17.8 Å². The van der Waals surface area contributed by atoms with E-state index in [1.165, 1.54) is 61.6 Å². The summed E-state index contributed by atoms with van der Waals surface area (Å²) in [6, 6.07) is 14.2. The van der Waals surface area contributed by atoms with Gasteiger partial charge in [-0.2, -0.15) is 0 Å². The first-order valence-corrected chi connectivity index (χ1v) is 11.4. The highest BCUT2D eigenvalue weighted by atomic mass is 32.2. The highest BCUT2D eigenvalue weighted by Crippen LogP contribution is 2.31. The van der Waals surface area contributed by atoms with E-state index in [9.17, 15) is 18.0 Å². The Balaban J connectivity index is 1.78. The van der Waals surface area contributed by atoms with Gasteiger partial charge in [0.05, 0.1) is 14.2 Å². The first-order valence-electron chi connectivity index (χ1n) is 10.4. The molecule has 184 valence electrons. The number of nitrogens with one attached hydrogen (secondary N) is 1. The zero-order valence-corrected chi connectivity index (χ0v) is 20.2. The van der Waals surface area contributed by atoms with Crippen molar-refractivity contribution in [2.24, 2.45) is 4.99 Å². The Morgan fingerprint density at radius 3 is 2.26 bits per heavy atom. The molecule has 10 heteroatoms. The molecule has 3 aromatic rings. The van der Waals surface area contributed by atoms with Crippen molar-refractivity contribution in [3.8, 4) is 11.5 Å². The van der Waals surface area contributed by atoms with E-state index in [-0.39, 0.29) is 28.9 Å². The van der Waals surface area contributed by atoms with Crippen molar-refractivity contribution in [2.75, 3.05) is 38.0 Å². The van der Waals surface area contributed by atoms with Gasteiger partial charge in [0.2, 0.25) is 5.91 Å². The molecule has 0 unspecified atom stereocenters. The number of ether oxygens (including phenoxy) is 2. The van der Waals surface area contributed by atoms with Gasteiger partial charge < -0.3 is 19.7 Å². The van der Waals surface area contributed by atoms with E-state index in [1.807, 2.05) is 0 Å². The summed E-state index contributed by atoms with van der Waals surface area (Å²) in [5.41, 5.74) is 0.962. The number of methoxy groups -OCH3 is 2. The summed E-state index contributed by atoms with van der Waals surface area (Å²) in [6.07, 6.45) is 0. The van der Waals surface area contributed by atoms with Crippen LogP contribution >= 0.6 is 11.8 Å². The van der Waals surface area contributed by atoms with Crippen LogP contribution in [0.5, 0.6) is 11.5 Å². The average Bonchev–Trinajstić information content (AvgIpc) is 2.86. The molecule has 0 saturated carbocycles. The molecule has 0 aliphatic heterocycles. The van der Waals surface area contributed by atoms with Crippen LogP contribution in [0.1, 0.15) is 5.56 Å². The summed E-state index contributed by atoms with van der Waals surface area (Å²) in [5.74, 6) is -1.18. The maximum atomic E-state index is 14.1. The fourth-order valence-corrected chi connectivity index (χ4v) is 3.91. The van der Waals surface area contributed by atoms with Crippen LogP contribution in [-0.2, 0) is 10.5 Å². The highest BCUT2D eigenvalue weighted by Gasteiger charge is 2.15. The summed E-state index contributed by atoms with van der Waals surface area (Å²) in [5, 5.41) is 3.22. The smallest absolute Gasteiger partial charge is 0.248 e. The molecule has 0 heterocycles. The lowest BCUT2D eigenvalue weighted by molar-refractivity contribution is -0.116. The lowest BCUT2D eigenvalue weighted by atomic mass is 10.2. The van der Waals surface area contributed by atoms with Gasteiger partial charge in [-0.3, -0.25) is 9.79 Å². The van der Waals surface area contributed by atoms with Gasteiger partial charge in [0, 0.05) is 35.8 Å². The number of hydrogen-bond donors (Lipinski definition) is 1. The number of anilines is 2. The molecular weight excluding hydrogens is 479 g/mol. The third kappa shape index (κ3) is 6.92. The Bertz CT molecular complexity index is 1190. The van der Waals surface area contributed by atoms with Crippen molar-refractivity contribution in [3.63, 3.8) is 0 Å². The number of thioether (sulfide) groups is 1. The van der Waals surface area contributed by atoms with Crippen molar-refractivity contribution in [1.82, 2.24) is 0 Å². The average molecular weight is 504 g/mol. The Morgan fingerprint density at radius 2 is 1.63 bits per heavy atom. The minimum Gasteiger partial charge on any atom is -0.493 e. The third-order valence-corrected chi connectivity index (χ3v) is 5.93. The van der Waals surface area contributed by atoms with Gasteiger partial charge in [-0.05, 0) is 48.5 Å². The van der Waals surface area contributed by atoms with Gasteiger partial charge >= 0.3 is 0 Å². The maximum absolute atomic E-state index is 14.1. The second-order valence-corrected chi connectivity index (χ2v) is 8.20. The van der Waals surface area contributed by atoms with Crippen molar-refractivity contribution in [3.05, 3.63) is 83.7 Å². The molecule has 0 fully saturated rings. The summed E-state index contributed by atoms with van der Waals surface area (Å²) in [4.78, 5) is 18.5. The van der Waals surface area contributed by atoms with E-state index < -0.39 is 17.5 Å². The number of carbonyl (C=O) groups excluding carboxylic acids is 1.